The van der Waals surface area contributed by atoms with Crippen molar-refractivity contribution < 1.29 is 9.15 Å². The summed E-state index contributed by atoms with van der Waals surface area (Å²) >= 11 is 0. The first-order valence-electron chi connectivity index (χ1n) is 6.99. The Kier molecular flexibility index (Phi) is 5.00. The van der Waals surface area contributed by atoms with E-state index in [0.29, 0.717) is 0 Å². The topological polar surface area (TPSA) is 34.4 Å². The number of hydrogen-bond acceptors (Lipinski definition) is 3. The van der Waals surface area contributed by atoms with Crippen LogP contribution in [0.4, 0.5) is 0 Å². The molecule has 1 aromatic heterocycles. The van der Waals surface area contributed by atoms with Crippen molar-refractivity contribution in [1.82, 2.24) is 5.32 Å². The molecule has 0 saturated heterocycles. The van der Waals surface area contributed by atoms with Crippen LogP contribution in [0, 0.1) is 0 Å². The first-order chi connectivity index (χ1) is 9.24. The summed E-state index contributed by atoms with van der Waals surface area (Å²) in [6.07, 6.45) is 2.23. The van der Waals surface area contributed by atoms with E-state index < -0.39 is 0 Å². The van der Waals surface area contributed by atoms with Gasteiger partial charge in [0.05, 0.1) is 12.1 Å². The summed E-state index contributed by atoms with van der Waals surface area (Å²) in [7, 11) is 1.75. The fourth-order valence-corrected chi connectivity index (χ4v) is 2.22. The summed E-state index contributed by atoms with van der Waals surface area (Å²) < 4.78 is 11.3. The molecule has 0 bridgehead atoms. The highest BCUT2D eigenvalue weighted by Crippen LogP contribution is 2.26. The molecule has 104 valence electrons. The molecule has 0 aliphatic rings. The monoisotopic (exact) mass is 261 g/mol. The standard InChI is InChI=1S/C16H23NO2/c1-4-9-17-14(10-12(2)18-3)16-11-13-7-5-6-8-15(13)19-16/h5-8,11-12,14,17H,4,9-10H2,1-3H3. The molecule has 0 radical (unpaired) electrons. The Morgan fingerprint density at radius 2 is 2.11 bits per heavy atom. The number of methoxy groups -OCH3 is 1. The van der Waals surface area contributed by atoms with Crippen molar-refractivity contribution in [3.8, 4) is 0 Å². The average molecular weight is 261 g/mol. The second-order valence-electron chi connectivity index (χ2n) is 4.98. The molecular weight excluding hydrogens is 238 g/mol. The predicted molar refractivity (Wildman–Crippen MR) is 78.3 cm³/mol. The molecular formula is C16H23NO2. The summed E-state index contributed by atoms with van der Waals surface area (Å²) in [6.45, 7) is 5.24. The maximum atomic E-state index is 5.95. The van der Waals surface area contributed by atoms with E-state index in [1.54, 1.807) is 7.11 Å². The lowest BCUT2D eigenvalue weighted by molar-refractivity contribution is 0.0978. The van der Waals surface area contributed by atoms with Crippen LogP contribution in [0.25, 0.3) is 11.0 Å². The lowest BCUT2D eigenvalue weighted by Crippen LogP contribution is -2.25. The van der Waals surface area contributed by atoms with Crippen molar-refractivity contribution in [2.45, 2.75) is 38.8 Å². The molecule has 3 nitrogen and oxygen atoms in total. The second-order valence-corrected chi connectivity index (χ2v) is 4.98. The molecule has 0 fully saturated rings. The highest BCUT2D eigenvalue weighted by atomic mass is 16.5. The molecule has 0 amide bonds. The number of benzene rings is 1. The quantitative estimate of drug-likeness (QED) is 0.821. The van der Waals surface area contributed by atoms with Gasteiger partial charge >= 0.3 is 0 Å². The zero-order valence-electron chi connectivity index (χ0n) is 12.0. The van der Waals surface area contributed by atoms with Gasteiger partial charge in [-0.25, -0.2) is 0 Å². The first-order valence-corrected chi connectivity index (χ1v) is 6.99. The minimum Gasteiger partial charge on any atom is -0.459 e. The van der Waals surface area contributed by atoms with E-state index in [-0.39, 0.29) is 12.1 Å². The Morgan fingerprint density at radius 3 is 2.79 bits per heavy atom. The normalized spacial score (nSPS) is 14.7. The highest BCUT2D eigenvalue weighted by molar-refractivity contribution is 5.77. The summed E-state index contributed by atoms with van der Waals surface area (Å²) in [4.78, 5) is 0. The molecule has 2 aromatic rings. The van der Waals surface area contributed by atoms with E-state index >= 15 is 0 Å². The van der Waals surface area contributed by atoms with E-state index in [1.165, 1.54) is 0 Å². The van der Waals surface area contributed by atoms with E-state index in [4.69, 9.17) is 9.15 Å². The third-order valence-electron chi connectivity index (χ3n) is 3.40. The van der Waals surface area contributed by atoms with E-state index in [9.17, 15) is 0 Å². The van der Waals surface area contributed by atoms with Crippen molar-refractivity contribution in [1.29, 1.82) is 0 Å². The van der Waals surface area contributed by atoms with Crippen LogP contribution in [0.3, 0.4) is 0 Å². The molecule has 19 heavy (non-hydrogen) atoms. The average Bonchev–Trinajstić information content (AvgIpc) is 2.86. The van der Waals surface area contributed by atoms with Gasteiger partial charge in [0.2, 0.25) is 0 Å². The number of nitrogens with one attached hydrogen (secondary N) is 1. The van der Waals surface area contributed by atoms with Gasteiger partial charge in [-0.1, -0.05) is 25.1 Å². The number of ether oxygens (including phenoxy) is 1. The van der Waals surface area contributed by atoms with Crippen LogP contribution in [0.1, 0.15) is 38.5 Å². The maximum absolute atomic E-state index is 5.95. The number of rotatable bonds is 7. The van der Waals surface area contributed by atoms with Crippen LogP contribution in [0.5, 0.6) is 0 Å². The molecule has 1 N–H and O–H groups in total. The molecule has 1 heterocycles. The van der Waals surface area contributed by atoms with Crippen molar-refractivity contribution in [3.63, 3.8) is 0 Å². The van der Waals surface area contributed by atoms with Crippen LogP contribution in [0.15, 0.2) is 34.7 Å². The third kappa shape index (κ3) is 3.58. The smallest absolute Gasteiger partial charge is 0.134 e. The van der Waals surface area contributed by atoms with Crippen molar-refractivity contribution in [2.75, 3.05) is 13.7 Å². The molecule has 2 atom stereocenters. The van der Waals surface area contributed by atoms with Crippen molar-refractivity contribution >= 4 is 11.0 Å². The van der Waals surface area contributed by atoms with Gasteiger partial charge in [0, 0.05) is 12.5 Å². The van der Waals surface area contributed by atoms with Gasteiger partial charge in [-0.05, 0) is 38.4 Å². The zero-order chi connectivity index (χ0) is 13.7. The van der Waals surface area contributed by atoms with Crippen LogP contribution in [-0.4, -0.2) is 19.8 Å². The van der Waals surface area contributed by atoms with E-state index in [1.807, 2.05) is 18.2 Å². The molecule has 2 unspecified atom stereocenters. The molecule has 3 heteroatoms. The summed E-state index contributed by atoms with van der Waals surface area (Å²) in [5.74, 6) is 0.999. The van der Waals surface area contributed by atoms with Gasteiger partial charge in [-0.3, -0.25) is 0 Å². The minimum absolute atomic E-state index is 0.210. The van der Waals surface area contributed by atoms with Crippen molar-refractivity contribution in [3.05, 3.63) is 36.1 Å². The van der Waals surface area contributed by atoms with Crippen LogP contribution in [-0.2, 0) is 4.74 Å². The highest BCUT2D eigenvalue weighted by Gasteiger charge is 2.18. The minimum atomic E-state index is 0.210. The Labute approximate surface area is 114 Å². The Hall–Kier alpha value is -1.32. The summed E-state index contributed by atoms with van der Waals surface area (Å²) in [5.41, 5.74) is 0.950. The summed E-state index contributed by atoms with van der Waals surface area (Å²) in [5, 5.41) is 4.70. The second kappa shape index (κ2) is 6.73. The number of fused-ring (bicyclic) bond motifs is 1. The molecule has 1 aromatic carbocycles. The Bertz CT molecular complexity index is 473. The third-order valence-corrected chi connectivity index (χ3v) is 3.40. The number of hydrogen-bond donors (Lipinski definition) is 1. The molecule has 0 aliphatic carbocycles. The van der Waals surface area contributed by atoms with E-state index in [2.05, 4.69) is 31.3 Å². The molecule has 2 rings (SSSR count). The van der Waals surface area contributed by atoms with Gasteiger partial charge in [0.25, 0.3) is 0 Å². The number of furan rings is 1. The lowest BCUT2D eigenvalue weighted by Gasteiger charge is -2.19. The van der Waals surface area contributed by atoms with Gasteiger partial charge in [-0.2, -0.15) is 0 Å². The molecule has 0 saturated carbocycles. The maximum Gasteiger partial charge on any atom is 0.134 e. The SMILES string of the molecule is CCCNC(CC(C)OC)c1cc2ccccc2o1. The van der Waals surface area contributed by atoms with Crippen LogP contribution >= 0.6 is 0 Å². The van der Waals surface area contributed by atoms with Gasteiger partial charge < -0.3 is 14.5 Å². The van der Waals surface area contributed by atoms with Crippen molar-refractivity contribution in [2.24, 2.45) is 0 Å². The van der Waals surface area contributed by atoms with Gasteiger partial charge in [-0.15, -0.1) is 0 Å². The van der Waals surface area contributed by atoms with Crippen LogP contribution in [0.2, 0.25) is 0 Å². The Morgan fingerprint density at radius 1 is 1.32 bits per heavy atom. The fourth-order valence-electron chi connectivity index (χ4n) is 2.22. The van der Waals surface area contributed by atoms with Gasteiger partial charge in [0.1, 0.15) is 11.3 Å². The fraction of sp³-hybridized carbons (Fsp3) is 0.500. The predicted octanol–water partition coefficient (Wildman–Crippen LogP) is 3.90. The molecule has 0 aliphatic heterocycles. The Balaban J connectivity index is 2.20. The number of para-hydroxylation sites is 1. The van der Waals surface area contributed by atoms with Gasteiger partial charge in [0.15, 0.2) is 0 Å². The van der Waals surface area contributed by atoms with Crippen LogP contribution < -0.4 is 5.32 Å². The lowest BCUT2D eigenvalue weighted by atomic mass is 10.1. The molecule has 0 spiro atoms. The van der Waals surface area contributed by atoms with E-state index in [0.717, 1.165) is 36.1 Å². The zero-order valence-corrected chi connectivity index (χ0v) is 12.0. The largest absolute Gasteiger partial charge is 0.459 e. The summed E-state index contributed by atoms with van der Waals surface area (Å²) in [6, 6.07) is 10.5. The first kappa shape index (κ1) is 14.1.